The highest BCUT2D eigenvalue weighted by Crippen LogP contribution is 2.29. The molecular weight excluding hydrogens is 368 g/mol. The lowest BCUT2D eigenvalue weighted by Gasteiger charge is -2.34. The first-order chi connectivity index (χ1) is 13.7. The zero-order chi connectivity index (χ0) is 19.3. The Morgan fingerprint density at radius 2 is 1.89 bits per heavy atom. The Labute approximate surface area is 170 Å². The van der Waals surface area contributed by atoms with Crippen LogP contribution >= 0.6 is 11.3 Å². The van der Waals surface area contributed by atoms with Crippen LogP contribution in [0.5, 0.6) is 0 Å². The number of piperazine rings is 1. The van der Waals surface area contributed by atoms with Gasteiger partial charge in [0.05, 0.1) is 16.6 Å². The number of fused-ring (bicyclic) bond motifs is 1. The molecule has 0 radical (unpaired) electrons. The smallest absolute Gasteiger partial charge is 0.224 e. The number of aromatic nitrogens is 1. The van der Waals surface area contributed by atoms with Crippen molar-refractivity contribution >= 4 is 32.6 Å². The highest BCUT2D eigenvalue weighted by molar-refractivity contribution is 7.22. The lowest BCUT2D eigenvalue weighted by molar-refractivity contribution is -0.120. The van der Waals surface area contributed by atoms with Crippen molar-refractivity contribution in [3.05, 3.63) is 59.7 Å². The van der Waals surface area contributed by atoms with Crippen molar-refractivity contribution < 1.29 is 4.79 Å². The first kappa shape index (κ1) is 18.9. The van der Waals surface area contributed by atoms with E-state index in [9.17, 15) is 4.79 Å². The molecule has 6 heteroatoms. The molecule has 1 saturated heterocycles. The monoisotopic (exact) mass is 394 g/mol. The van der Waals surface area contributed by atoms with E-state index in [0.29, 0.717) is 13.0 Å². The fourth-order valence-corrected chi connectivity index (χ4v) is 4.63. The Kier molecular flexibility index (Phi) is 5.88. The van der Waals surface area contributed by atoms with Crippen molar-refractivity contribution in [2.24, 2.45) is 0 Å². The topological polar surface area (TPSA) is 48.5 Å². The van der Waals surface area contributed by atoms with Gasteiger partial charge in [-0.15, -0.1) is 0 Å². The fraction of sp³-hybridized carbons (Fsp3) is 0.364. The fourth-order valence-electron chi connectivity index (χ4n) is 3.51. The van der Waals surface area contributed by atoms with Gasteiger partial charge in [0, 0.05) is 39.3 Å². The maximum Gasteiger partial charge on any atom is 0.224 e. The normalized spacial score (nSPS) is 15.1. The van der Waals surface area contributed by atoms with Crippen molar-refractivity contribution in [2.45, 2.75) is 13.3 Å². The molecule has 1 N–H and O–H groups in total. The lowest BCUT2D eigenvalue weighted by Crippen LogP contribution is -2.48. The van der Waals surface area contributed by atoms with E-state index < -0.39 is 0 Å². The van der Waals surface area contributed by atoms with Crippen LogP contribution in [0.4, 0.5) is 5.13 Å². The standard InChI is InChI=1S/C22H26N4OS/c1-17-7-8-19-20(15-17)28-22(24-19)26-13-11-25(12-14-26)10-9-23-21(27)16-18-5-3-2-4-6-18/h2-8,15H,9-14,16H2,1H3,(H,23,27). The zero-order valence-corrected chi connectivity index (χ0v) is 17.0. The molecule has 5 nitrogen and oxygen atoms in total. The molecule has 3 aromatic rings. The molecule has 1 aromatic heterocycles. The molecular formula is C22H26N4OS. The second-order valence-corrected chi connectivity index (χ2v) is 8.32. The van der Waals surface area contributed by atoms with Gasteiger partial charge in [0.25, 0.3) is 0 Å². The van der Waals surface area contributed by atoms with Crippen molar-refractivity contribution in [1.29, 1.82) is 0 Å². The minimum absolute atomic E-state index is 0.0922. The molecule has 146 valence electrons. The summed E-state index contributed by atoms with van der Waals surface area (Å²) in [6, 6.07) is 16.3. The van der Waals surface area contributed by atoms with Crippen molar-refractivity contribution in [3.8, 4) is 0 Å². The number of thiazole rings is 1. The molecule has 1 aliphatic heterocycles. The van der Waals surface area contributed by atoms with Crippen LogP contribution in [-0.4, -0.2) is 55.1 Å². The maximum atomic E-state index is 12.1. The van der Waals surface area contributed by atoms with Gasteiger partial charge in [-0.25, -0.2) is 4.98 Å². The summed E-state index contributed by atoms with van der Waals surface area (Å²) >= 11 is 1.78. The molecule has 1 amide bonds. The quantitative estimate of drug-likeness (QED) is 0.698. The molecule has 0 saturated carbocycles. The van der Waals surface area contributed by atoms with Gasteiger partial charge in [0.1, 0.15) is 0 Å². The number of aryl methyl sites for hydroxylation is 1. The van der Waals surface area contributed by atoms with E-state index in [0.717, 1.165) is 48.9 Å². The number of amides is 1. The number of carbonyl (C=O) groups excluding carboxylic acids is 1. The number of nitrogens with one attached hydrogen (secondary N) is 1. The predicted octanol–water partition coefficient (Wildman–Crippen LogP) is 3.09. The van der Waals surface area contributed by atoms with Crippen molar-refractivity contribution in [1.82, 2.24) is 15.2 Å². The van der Waals surface area contributed by atoms with E-state index in [-0.39, 0.29) is 5.91 Å². The number of rotatable bonds is 6. The van der Waals surface area contributed by atoms with Gasteiger partial charge in [-0.05, 0) is 30.2 Å². The van der Waals surface area contributed by atoms with Gasteiger partial charge in [-0.1, -0.05) is 47.7 Å². The number of hydrogen-bond acceptors (Lipinski definition) is 5. The summed E-state index contributed by atoms with van der Waals surface area (Å²) < 4.78 is 1.26. The number of nitrogens with zero attached hydrogens (tertiary/aromatic N) is 3. The summed E-state index contributed by atoms with van der Waals surface area (Å²) in [6.45, 7) is 7.69. The third-order valence-electron chi connectivity index (χ3n) is 5.13. The van der Waals surface area contributed by atoms with Gasteiger partial charge < -0.3 is 10.2 Å². The second kappa shape index (κ2) is 8.71. The van der Waals surface area contributed by atoms with E-state index in [1.54, 1.807) is 11.3 Å². The number of anilines is 1. The first-order valence-electron chi connectivity index (χ1n) is 9.82. The molecule has 28 heavy (non-hydrogen) atoms. The highest BCUT2D eigenvalue weighted by atomic mass is 32.1. The van der Waals surface area contributed by atoms with Crippen LogP contribution in [0.2, 0.25) is 0 Å². The molecule has 4 rings (SSSR count). The van der Waals surface area contributed by atoms with E-state index in [4.69, 9.17) is 4.98 Å². The van der Waals surface area contributed by atoms with E-state index in [1.165, 1.54) is 10.3 Å². The molecule has 0 unspecified atom stereocenters. The second-order valence-electron chi connectivity index (χ2n) is 7.31. The third-order valence-corrected chi connectivity index (χ3v) is 6.21. The predicted molar refractivity (Wildman–Crippen MR) is 116 cm³/mol. The summed E-state index contributed by atoms with van der Waals surface area (Å²) in [5, 5.41) is 4.16. The first-order valence-corrected chi connectivity index (χ1v) is 10.6. The Morgan fingerprint density at radius 3 is 2.68 bits per heavy atom. The van der Waals surface area contributed by atoms with Gasteiger partial charge in [-0.3, -0.25) is 9.69 Å². The van der Waals surface area contributed by atoms with Crippen LogP contribution in [0.1, 0.15) is 11.1 Å². The Morgan fingerprint density at radius 1 is 1.11 bits per heavy atom. The average molecular weight is 395 g/mol. The summed E-state index contributed by atoms with van der Waals surface area (Å²) in [4.78, 5) is 21.6. The van der Waals surface area contributed by atoms with Gasteiger partial charge >= 0.3 is 0 Å². The van der Waals surface area contributed by atoms with E-state index in [2.05, 4.69) is 40.2 Å². The minimum Gasteiger partial charge on any atom is -0.355 e. The summed E-state index contributed by atoms with van der Waals surface area (Å²) in [6.07, 6.45) is 0.450. The van der Waals surface area contributed by atoms with Crippen LogP contribution in [0.25, 0.3) is 10.2 Å². The zero-order valence-electron chi connectivity index (χ0n) is 16.2. The minimum atomic E-state index is 0.0922. The SMILES string of the molecule is Cc1ccc2nc(N3CCN(CCNC(=O)Cc4ccccc4)CC3)sc2c1. The van der Waals surface area contributed by atoms with Crippen molar-refractivity contribution in [3.63, 3.8) is 0 Å². The van der Waals surface area contributed by atoms with Gasteiger partial charge in [0.2, 0.25) is 5.91 Å². The Bertz CT molecular complexity index is 932. The van der Waals surface area contributed by atoms with Crippen molar-refractivity contribution in [2.75, 3.05) is 44.2 Å². The molecule has 0 atom stereocenters. The Hall–Kier alpha value is -2.44. The molecule has 0 aliphatic carbocycles. The summed E-state index contributed by atoms with van der Waals surface area (Å²) in [5.74, 6) is 0.0922. The highest BCUT2D eigenvalue weighted by Gasteiger charge is 2.19. The molecule has 1 fully saturated rings. The largest absolute Gasteiger partial charge is 0.355 e. The third kappa shape index (κ3) is 4.69. The molecule has 1 aliphatic rings. The van der Waals surface area contributed by atoms with Gasteiger partial charge in [0.15, 0.2) is 5.13 Å². The number of carbonyl (C=O) groups is 1. The molecule has 2 aromatic carbocycles. The van der Waals surface area contributed by atoms with Crippen LogP contribution < -0.4 is 10.2 Å². The van der Waals surface area contributed by atoms with Crippen LogP contribution in [0.15, 0.2) is 48.5 Å². The Balaban J connectivity index is 1.21. The number of hydrogen-bond donors (Lipinski definition) is 1. The van der Waals surface area contributed by atoms with Crippen LogP contribution in [0, 0.1) is 6.92 Å². The van der Waals surface area contributed by atoms with Gasteiger partial charge in [-0.2, -0.15) is 0 Å². The average Bonchev–Trinajstić information content (AvgIpc) is 3.12. The summed E-state index contributed by atoms with van der Waals surface area (Å²) in [5.41, 5.74) is 3.43. The molecule has 0 bridgehead atoms. The maximum absolute atomic E-state index is 12.1. The van der Waals surface area contributed by atoms with Crippen LogP contribution in [0.3, 0.4) is 0 Å². The molecule has 2 heterocycles. The lowest BCUT2D eigenvalue weighted by atomic mass is 10.1. The number of benzene rings is 2. The van der Waals surface area contributed by atoms with E-state index in [1.807, 2.05) is 30.3 Å². The van der Waals surface area contributed by atoms with Crippen LogP contribution in [-0.2, 0) is 11.2 Å². The molecule has 0 spiro atoms. The summed E-state index contributed by atoms with van der Waals surface area (Å²) in [7, 11) is 0. The van der Waals surface area contributed by atoms with E-state index >= 15 is 0 Å².